The van der Waals surface area contributed by atoms with E-state index in [1.54, 1.807) is 6.07 Å². The molecule has 0 fully saturated rings. The van der Waals surface area contributed by atoms with Gasteiger partial charge in [0.1, 0.15) is 11.0 Å². The van der Waals surface area contributed by atoms with Crippen LogP contribution in [0.15, 0.2) is 36.4 Å². The van der Waals surface area contributed by atoms with Gasteiger partial charge in [-0.05, 0) is 30.5 Å². The van der Waals surface area contributed by atoms with Gasteiger partial charge in [0.15, 0.2) is 5.82 Å². The Labute approximate surface area is 127 Å². The fourth-order valence-corrected chi connectivity index (χ4v) is 2.57. The Morgan fingerprint density at radius 2 is 1.76 bits per heavy atom. The number of nitrogens with zero attached hydrogens (tertiary/aromatic N) is 2. The maximum absolute atomic E-state index is 13.9. The monoisotopic (exact) mass is 300 g/mol. The highest BCUT2D eigenvalue weighted by Crippen LogP contribution is 2.28. The molecule has 1 heterocycles. The number of halogens is 2. The molecule has 0 atom stereocenters. The molecule has 0 N–H and O–H groups in total. The number of rotatable bonds is 2. The van der Waals surface area contributed by atoms with E-state index in [0.29, 0.717) is 11.3 Å². The number of aromatic nitrogens is 2. The molecule has 0 amide bonds. The fourth-order valence-electron chi connectivity index (χ4n) is 2.31. The topological polar surface area (TPSA) is 25.8 Å². The molecule has 0 spiro atoms. The average Bonchev–Trinajstić information content (AvgIpc) is 2.50. The summed E-state index contributed by atoms with van der Waals surface area (Å²) in [4.78, 5) is 8.73. The molecule has 0 saturated heterocycles. The van der Waals surface area contributed by atoms with Crippen molar-refractivity contribution < 1.29 is 4.39 Å². The summed E-state index contributed by atoms with van der Waals surface area (Å²) in [6, 6.07) is 11.1. The SMILES string of the molecule is CCc1ccc(-c2nc(Cl)c3c(F)ccc(C)c3n2)cc1. The smallest absolute Gasteiger partial charge is 0.161 e. The van der Waals surface area contributed by atoms with Crippen molar-refractivity contribution in [2.24, 2.45) is 0 Å². The minimum absolute atomic E-state index is 0.149. The second-order valence-corrected chi connectivity index (χ2v) is 5.33. The third-order valence-electron chi connectivity index (χ3n) is 3.58. The van der Waals surface area contributed by atoms with Crippen LogP contribution in [0.1, 0.15) is 18.1 Å². The van der Waals surface area contributed by atoms with Crippen LogP contribution >= 0.6 is 11.6 Å². The molecule has 3 rings (SSSR count). The Kier molecular flexibility index (Phi) is 3.60. The van der Waals surface area contributed by atoms with E-state index in [4.69, 9.17) is 11.6 Å². The second-order valence-electron chi connectivity index (χ2n) is 4.98. The first-order valence-corrected chi connectivity index (χ1v) is 7.19. The van der Waals surface area contributed by atoms with Crippen molar-refractivity contribution in [1.29, 1.82) is 0 Å². The van der Waals surface area contributed by atoms with Gasteiger partial charge in [-0.25, -0.2) is 14.4 Å². The summed E-state index contributed by atoms with van der Waals surface area (Å²) >= 11 is 6.16. The predicted molar refractivity (Wildman–Crippen MR) is 84.1 cm³/mol. The maximum Gasteiger partial charge on any atom is 0.161 e. The third kappa shape index (κ3) is 2.49. The van der Waals surface area contributed by atoms with Gasteiger partial charge in [0.2, 0.25) is 0 Å². The molecule has 106 valence electrons. The molecule has 21 heavy (non-hydrogen) atoms. The van der Waals surface area contributed by atoms with Crippen molar-refractivity contribution in [2.75, 3.05) is 0 Å². The van der Waals surface area contributed by atoms with Gasteiger partial charge >= 0.3 is 0 Å². The zero-order chi connectivity index (χ0) is 15.0. The minimum Gasteiger partial charge on any atom is -0.228 e. The Morgan fingerprint density at radius 1 is 1.05 bits per heavy atom. The second kappa shape index (κ2) is 5.41. The van der Waals surface area contributed by atoms with Gasteiger partial charge in [0.05, 0.1) is 10.9 Å². The highest BCUT2D eigenvalue weighted by molar-refractivity contribution is 6.34. The summed E-state index contributed by atoms with van der Waals surface area (Å²) in [5.74, 6) is 0.123. The lowest BCUT2D eigenvalue weighted by Gasteiger charge is -2.08. The molecule has 0 bridgehead atoms. The quantitative estimate of drug-likeness (QED) is 0.625. The number of hydrogen-bond acceptors (Lipinski definition) is 2. The molecule has 0 aliphatic heterocycles. The van der Waals surface area contributed by atoms with Crippen molar-refractivity contribution in [1.82, 2.24) is 9.97 Å². The van der Waals surface area contributed by atoms with Crippen molar-refractivity contribution >= 4 is 22.5 Å². The van der Waals surface area contributed by atoms with Gasteiger partial charge in [0, 0.05) is 5.56 Å². The molecule has 4 heteroatoms. The van der Waals surface area contributed by atoms with E-state index in [0.717, 1.165) is 17.5 Å². The molecule has 0 aliphatic carbocycles. The maximum atomic E-state index is 13.9. The molecular weight excluding hydrogens is 287 g/mol. The Bertz CT molecular complexity index is 813. The number of fused-ring (bicyclic) bond motifs is 1. The van der Waals surface area contributed by atoms with Crippen LogP contribution in [0.25, 0.3) is 22.3 Å². The van der Waals surface area contributed by atoms with E-state index in [2.05, 4.69) is 16.9 Å². The van der Waals surface area contributed by atoms with Gasteiger partial charge < -0.3 is 0 Å². The van der Waals surface area contributed by atoms with Crippen LogP contribution in [-0.2, 0) is 6.42 Å². The summed E-state index contributed by atoms with van der Waals surface area (Å²) < 4.78 is 13.9. The molecule has 1 aromatic heterocycles. The lowest BCUT2D eigenvalue weighted by Crippen LogP contribution is -1.96. The average molecular weight is 301 g/mol. The summed E-state index contributed by atoms with van der Waals surface area (Å²) in [6.07, 6.45) is 0.976. The van der Waals surface area contributed by atoms with Gasteiger partial charge in [-0.15, -0.1) is 0 Å². The van der Waals surface area contributed by atoms with Crippen LogP contribution in [0.3, 0.4) is 0 Å². The molecule has 2 nitrogen and oxygen atoms in total. The van der Waals surface area contributed by atoms with Gasteiger partial charge in [-0.2, -0.15) is 0 Å². The van der Waals surface area contributed by atoms with Gasteiger partial charge in [0.25, 0.3) is 0 Å². The lowest BCUT2D eigenvalue weighted by molar-refractivity contribution is 0.639. The first-order valence-electron chi connectivity index (χ1n) is 6.82. The van der Waals surface area contributed by atoms with Crippen LogP contribution in [-0.4, -0.2) is 9.97 Å². The van der Waals surface area contributed by atoms with Crippen molar-refractivity contribution in [3.8, 4) is 11.4 Å². The van der Waals surface area contributed by atoms with Crippen molar-refractivity contribution in [3.05, 3.63) is 58.5 Å². The van der Waals surface area contributed by atoms with E-state index in [9.17, 15) is 4.39 Å². The van der Waals surface area contributed by atoms with Crippen LogP contribution in [0.4, 0.5) is 4.39 Å². The molecule has 0 saturated carbocycles. The van der Waals surface area contributed by atoms with E-state index in [1.165, 1.54) is 11.6 Å². The number of aryl methyl sites for hydroxylation is 2. The first kappa shape index (κ1) is 14.0. The van der Waals surface area contributed by atoms with E-state index in [-0.39, 0.29) is 10.5 Å². The molecular formula is C17H14ClFN2. The summed E-state index contributed by atoms with van der Waals surface area (Å²) in [7, 11) is 0. The van der Waals surface area contributed by atoms with Crippen LogP contribution < -0.4 is 0 Å². The lowest BCUT2D eigenvalue weighted by atomic mass is 10.1. The fraction of sp³-hybridized carbons (Fsp3) is 0.176. The van der Waals surface area contributed by atoms with Gasteiger partial charge in [-0.3, -0.25) is 0 Å². The van der Waals surface area contributed by atoms with Crippen LogP contribution in [0.5, 0.6) is 0 Å². The predicted octanol–water partition coefficient (Wildman–Crippen LogP) is 4.96. The van der Waals surface area contributed by atoms with Crippen molar-refractivity contribution in [2.45, 2.75) is 20.3 Å². The summed E-state index contributed by atoms with van der Waals surface area (Å²) in [5, 5.41) is 0.432. The molecule has 0 radical (unpaired) electrons. The Morgan fingerprint density at radius 3 is 2.43 bits per heavy atom. The third-order valence-corrected chi connectivity index (χ3v) is 3.85. The summed E-state index contributed by atoms with van der Waals surface area (Å²) in [5.41, 5.74) is 3.55. The normalized spacial score (nSPS) is 11.0. The Hall–Kier alpha value is -2.00. The standard InChI is InChI=1S/C17H14ClFN2/c1-3-11-5-7-12(8-6-11)17-20-15-10(2)4-9-13(19)14(15)16(18)21-17/h4-9H,3H2,1-2H3. The molecule has 3 aromatic rings. The molecule has 0 unspecified atom stereocenters. The zero-order valence-corrected chi connectivity index (χ0v) is 12.6. The number of hydrogen-bond donors (Lipinski definition) is 0. The molecule has 2 aromatic carbocycles. The Balaban J connectivity index is 2.22. The van der Waals surface area contributed by atoms with E-state index in [1.807, 2.05) is 31.2 Å². The highest BCUT2D eigenvalue weighted by atomic mass is 35.5. The van der Waals surface area contributed by atoms with Crippen molar-refractivity contribution in [3.63, 3.8) is 0 Å². The highest BCUT2D eigenvalue weighted by Gasteiger charge is 2.13. The zero-order valence-electron chi connectivity index (χ0n) is 11.8. The minimum atomic E-state index is -0.395. The number of benzene rings is 2. The van der Waals surface area contributed by atoms with Crippen LogP contribution in [0, 0.1) is 12.7 Å². The largest absolute Gasteiger partial charge is 0.228 e. The van der Waals surface area contributed by atoms with Gasteiger partial charge in [-0.1, -0.05) is 48.9 Å². The van der Waals surface area contributed by atoms with E-state index >= 15 is 0 Å². The van der Waals surface area contributed by atoms with Crippen LogP contribution in [0.2, 0.25) is 5.15 Å². The van der Waals surface area contributed by atoms with E-state index < -0.39 is 5.82 Å². The molecule has 0 aliphatic rings. The summed E-state index contributed by atoms with van der Waals surface area (Å²) in [6.45, 7) is 3.99. The first-order chi connectivity index (χ1) is 10.1.